The smallest absolute Gasteiger partial charge is 0.246 e. The van der Waals surface area contributed by atoms with Crippen molar-refractivity contribution in [1.82, 2.24) is 41.1 Å². The van der Waals surface area contributed by atoms with E-state index in [2.05, 4.69) is 50.1 Å². The number of carbonyl (C=O) groups excluding carboxylic acids is 4. The SMILES string of the molecule is CCCC[C@H](NC(=O)[C@H](N)Cc1c[nH]c2ccccc12)C(=O)N[C@H](Cc1cnc[nH]1)C(=O)N1CCC(C2CC(C)CCN2)[C@]1(C=O)C1CC(C)CCN1. The summed E-state index contributed by atoms with van der Waals surface area (Å²) in [7, 11) is 0. The summed E-state index contributed by atoms with van der Waals surface area (Å²) in [4.78, 5) is 68.7. The van der Waals surface area contributed by atoms with Crippen LogP contribution in [0.25, 0.3) is 10.9 Å². The number of H-pyrrole nitrogens is 2. The second-order valence-corrected chi connectivity index (χ2v) is 15.9. The number of rotatable bonds is 15. The number of carbonyl (C=O) groups is 4. The molecule has 5 unspecified atom stereocenters. The van der Waals surface area contributed by atoms with Crippen molar-refractivity contribution < 1.29 is 19.2 Å². The molecule has 6 rings (SSSR count). The first kappa shape index (κ1) is 38.6. The van der Waals surface area contributed by atoms with E-state index in [9.17, 15) is 14.4 Å². The Hall–Kier alpha value is -4.07. The number of unbranched alkanes of at least 4 members (excludes halogenated alkanes) is 1. The zero-order valence-corrected chi connectivity index (χ0v) is 31.5. The molecule has 3 fully saturated rings. The molecule has 288 valence electrons. The van der Waals surface area contributed by atoms with Gasteiger partial charge in [0, 0.05) is 60.0 Å². The van der Waals surface area contributed by atoms with Gasteiger partial charge >= 0.3 is 0 Å². The minimum atomic E-state index is -1.08. The molecule has 3 saturated heterocycles. The fraction of sp³-hybridized carbons (Fsp3) is 0.625. The van der Waals surface area contributed by atoms with Crippen molar-refractivity contribution in [1.29, 1.82) is 0 Å². The molecule has 0 aliphatic carbocycles. The number of nitrogens with zero attached hydrogens (tertiary/aromatic N) is 2. The first-order valence-electron chi connectivity index (χ1n) is 19.8. The zero-order valence-electron chi connectivity index (χ0n) is 31.5. The van der Waals surface area contributed by atoms with Crippen LogP contribution in [-0.4, -0.2) is 99.2 Å². The van der Waals surface area contributed by atoms with E-state index in [-0.39, 0.29) is 30.3 Å². The second kappa shape index (κ2) is 17.4. The highest BCUT2D eigenvalue weighted by molar-refractivity contribution is 5.95. The topological polar surface area (TPSA) is 190 Å². The molecule has 0 bridgehead atoms. The number of imidazole rings is 1. The molecule has 3 amide bonds. The number of nitrogens with one attached hydrogen (secondary N) is 6. The van der Waals surface area contributed by atoms with Gasteiger partial charge in [0.05, 0.1) is 12.4 Å². The van der Waals surface area contributed by atoms with E-state index in [0.717, 1.165) is 67.9 Å². The lowest BCUT2D eigenvalue weighted by molar-refractivity contribution is -0.147. The number of aromatic nitrogens is 3. The van der Waals surface area contributed by atoms with Crippen molar-refractivity contribution in [3.05, 3.63) is 54.2 Å². The van der Waals surface area contributed by atoms with Crippen molar-refractivity contribution in [2.45, 2.75) is 121 Å². The van der Waals surface area contributed by atoms with Crippen LogP contribution in [0.4, 0.5) is 0 Å². The summed E-state index contributed by atoms with van der Waals surface area (Å²) in [5.41, 5.74) is 7.92. The number of hydrogen-bond donors (Lipinski definition) is 7. The molecule has 0 radical (unpaired) electrons. The summed E-state index contributed by atoms with van der Waals surface area (Å²) >= 11 is 0. The summed E-state index contributed by atoms with van der Waals surface area (Å²) in [6, 6.07) is 4.95. The van der Waals surface area contributed by atoms with Crippen LogP contribution in [-0.2, 0) is 32.0 Å². The molecule has 0 spiro atoms. The predicted molar refractivity (Wildman–Crippen MR) is 205 cm³/mol. The molecule has 53 heavy (non-hydrogen) atoms. The molecule has 13 nitrogen and oxygen atoms in total. The van der Waals surface area contributed by atoms with Gasteiger partial charge < -0.3 is 46.7 Å². The normalized spacial score (nSPS) is 27.9. The highest BCUT2D eigenvalue weighted by atomic mass is 16.2. The highest BCUT2D eigenvalue weighted by Crippen LogP contribution is 2.44. The van der Waals surface area contributed by atoms with Crippen molar-refractivity contribution >= 4 is 34.9 Å². The first-order chi connectivity index (χ1) is 25.6. The van der Waals surface area contributed by atoms with Crippen LogP contribution in [0.15, 0.2) is 43.0 Å². The number of fused-ring (bicyclic) bond motifs is 1. The number of hydrogen-bond acceptors (Lipinski definition) is 8. The minimum Gasteiger partial charge on any atom is -0.361 e. The molecule has 9 atom stereocenters. The van der Waals surface area contributed by atoms with E-state index >= 15 is 4.79 Å². The molecular weight excluding hydrogens is 670 g/mol. The Balaban J connectivity index is 1.24. The van der Waals surface area contributed by atoms with E-state index < -0.39 is 35.5 Å². The molecule has 3 aromatic rings. The maximum absolute atomic E-state index is 15.0. The van der Waals surface area contributed by atoms with Crippen LogP contribution >= 0.6 is 0 Å². The molecular formula is C40H59N9O4. The van der Waals surface area contributed by atoms with Crippen LogP contribution in [0.2, 0.25) is 0 Å². The third-order valence-electron chi connectivity index (χ3n) is 12.1. The Labute approximate surface area is 312 Å². The van der Waals surface area contributed by atoms with Gasteiger partial charge in [0.25, 0.3) is 0 Å². The monoisotopic (exact) mass is 729 g/mol. The largest absolute Gasteiger partial charge is 0.361 e. The lowest BCUT2D eigenvalue weighted by Crippen LogP contribution is -2.70. The number of likely N-dealkylation sites (tertiary alicyclic amines) is 1. The first-order valence-corrected chi connectivity index (χ1v) is 19.8. The predicted octanol–water partition coefficient (Wildman–Crippen LogP) is 2.73. The zero-order chi connectivity index (χ0) is 37.5. The van der Waals surface area contributed by atoms with Gasteiger partial charge in [-0.3, -0.25) is 14.4 Å². The van der Waals surface area contributed by atoms with Gasteiger partial charge in [-0.2, -0.15) is 0 Å². The third-order valence-corrected chi connectivity index (χ3v) is 12.1. The maximum atomic E-state index is 15.0. The summed E-state index contributed by atoms with van der Waals surface area (Å²) in [5.74, 6) is -0.344. The van der Waals surface area contributed by atoms with Crippen molar-refractivity contribution in [3.8, 4) is 0 Å². The summed E-state index contributed by atoms with van der Waals surface area (Å²) in [6.45, 7) is 8.56. The number of nitrogens with two attached hydrogens (primary N) is 1. The number of para-hydroxylation sites is 1. The molecule has 3 aliphatic rings. The Morgan fingerprint density at radius 2 is 1.75 bits per heavy atom. The molecule has 3 aliphatic heterocycles. The maximum Gasteiger partial charge on any atom is 0.246 e. The highest BCUT2D eigenvalue weighted by Gasteiger charge is 2.59. The van der Waals surface area contributed by atoms with Gasteiger partial charge in [-0.15, -0.1) is 0 Å². The van der Waals surface area contributed by atoms with Crippen molar-refractivity contribution in [2.24, 2.45) is 23.5 Å². The number of aldehydes is 1. The standard InChI is InChI=1S/C40H59N9O4/c1-4-5-9-33(47-37(51)31(41)19-27-21-45-32-10-7-6-8-29(27)32)38(52)48-35(20-28-22-42-24-46-28)39(53)49-16-13-30(34-17-25(2)11-14-43-34)40(49,23-50)36-18-26(3)12-15-44-36/h6-8,10,21-26,30-31,33-36,43-45H,4-5,9,11-20,41H2,1-3H3,(H,42,46)(H,47,51)(H,48,52)/t25?,26?,30?,31-,33+,34?,35-,36?,40-/m1/s1. The van der Waals surface area contributed by atoms with Crippen LogP contribution in [0.1, 0.15) is 83.4 Å². The van der Waals surface area contributed by atoms with E-state index in [1.54, 1.807) is 17.4 Å². The number of piperidine rings is 2. The Bertz CT molecular complexity index is 1690. The van der Waals surface area contributed by atoms with E-state index in [1.807, 2.05) is 37.4 Å². The molecule has 0 saturated carbocycles. The van der Waals surface area contributed by atoms with Gasteiger partial charge in [0.1, 0.15) is 23.9 Å². The minimum absolute atomic E-state index is 0.0757. The average Bonchev–Trinajstić information content (AvgIpc) is 3.92. The Morgan fingerprint density at radius 1 is 1.00 bits per heavy atom. The second-order valence-electron chi connectivity index (χ2n) is 15.9. The fourth-order valence-corrected chi connectivity index (χ4v) is 9.18. The Morgan fingerprint density at radius 3 is 2.47 bits per heavy atom. The third kappa shape index (κ3) is 8.52. The summed E-state index contributed by atoms with van der Waals surface area (Å²) in [6.07, 6.45) is 12.9. The van der Waals surface area contributed by atoms with Crippen molar-refractivity contribution in [3.63, 3.8) is 0 Å². The molecule has 2 aromatic heterocycles. The van der Waals surface area contributed by atoms with Crippen LogP contribution in [0.3, 0.4) is 0 Å². The average molecular weight is 730 g/mol. The molecule has 5 heterocycles. The lowest BCUT2D eigenvalue weighted by Gasteiger charge is -2.50. The van der Waals surface area contributed by atoms with Gasteiger partial charge in [-0.05, 0) is 81.5 Å². The van der Waals surface area contributed by atoms with Crippen LogP contribution in [0, 0.1) is 17.8 Å². The van der Waals surface area contributed by atoms with E-state index in [1.165, 1.54) is 0 Å². The molecule has 8 N–H and O–H groups in total. The lowest BCUT2D eigenvalue weighted by atomic mass is 9.69. The van der Waals surface area contributed by atoms with Gasteiger partial charge in [0.15, 0.2) is 0 Å². The fourth-order valence-electron chi connectivity index (χ4n) is 9.18. The van der Waals surface area contributed by atoms with Crippen molar-refractivity contribution in [2.75, 3.05) is 19.6 Å². The molecule has 13 heteroatoms. The molecule has 1 aromatic carbocycles. The van der Waals surface area contributed by atoms with Crippen LogP contribution < -0.4 is 27.0 Å². The van der Waals surface area contributed by atoms with E-state index in [0.29, 0.717) is 49.8 Å². The number of aromatic amines is 2. The summed E-state index contributed by atoms with van der Waals surface area (Å²) in [5, 5.41) is 14.3. The van der Waals surface area contributed by atoms with E-state index in [4.69, 9.17) is 5.73 Å². The number of benzene rings is 1. The van der Waals surface area contributed by atoms with Gasteiger partial charge in [-0.1, -0.05) is 51.8 Å². The Kier molecular flexibility index (Phi) is 12.7. The quantitative estimate of drug-likeness (QED) is 0.116. The van der Waals surface area contributed by atoms with Gasteiger partial charge in [0.2, 0.25) is 17.7 Å². The van der Waals surface area contributed by atoms with Gasteiger partial charge in [-0.25, -0.2) is 4.98 Å². The van der Waals surface area contributed by atoms with Crippen LogP contribution in [0.5, 0.6) is 0 Å². The summed E-state index contributed by atoms with van der Waals surface area (Å²) < 4.78 is 0. The number of amides is 3.